The van der Waals surface area contributed by atoms with E-state index in [-0.39, 0.29) is 0 Å². The summed E-state index contributed by atoms with van der Waals surface area (Å²) in [5.41, 5.74) is 0.832. The molecule has 15 heavy (non-hydrogen) atoms. The third-order valence-corrected chi connectivity index (χ3v) is 2.47. The van der Waals surface area contributed by atoms with Crippen LogP contribution in [0.25, 0.3) is 10.9 Å². The van der Waals surface area contributed by atoms with Crippen molar-refractivity contribution in [2.24, 2.45) is 0 Å². The van der Waals surface area contributed by atoms with Gasteiger partial charge in [0.1, 0.15) is 11.3 Å². The van der Waals surface area contributed by atoms with Crippen LogP contribution in [-0.2, 0) is 0 Å². The number of benzene rings is 1. The molecule has 0 radical (unpaired) electrons. The van der Waals surface area contributed by atoms with Crippen LogP contribution in [-0.4, -0.2) is 11.6 Å². The number of ether oxygens (including phenoxy) is 1. The van der Waals surface area contributed by atoms with Crippen LogP contribution in [0.4, 0.5) is 0 Å². The number of hydrogen-bond donors (Lipinski definition) is 0. The van der Waals surface area contributed by atoms with Gasteiger partial charge in [-0.3, -0.25) is 4.98 Å². The monoisotopic (exact) mass is 221 g/mol. The van der Waals surface area contributed by atoms with Crippen LogP contribution >= 0.6 is 11.6 Å². The second-order valence-electron chi connectivity index (χ2n) is 3.29. The molecule has 78 valence electrons. The molecule has 0 unspecified atom stereocenters. The highest BCUT2D eigenvalue weighted by atomic mass is 35.5. The molecule has 1 aromatic carbocycles. The summed E-state index contributed by atoms with van der Waals surface area (Å²) in [6.45, 7) is 2.78. The van der Waals surface area contributed by atoms with Gasteiger partial charge in [-0.25, -0.2) is 0 Å². The average Bonchev–Trinajstić information content (AvgIpc) is 2.27. The largest absolute Gasteiger partial charge is 0.491 e. The summed E-state index contributed by atoms with van der Waals surface area (Å²) in [7, 11) is 0. The van der Waals surface area contributed by atoms with E-state index in [0.29, 0.717) is 11.6 Å². The summed E-state index contributed by atoms with van der Waals surface area (Å²) < 4.78 is 5.60. The molecular weight excluding hydrogens is 210 g/mol. The van der Waals surface area contributed by atoms with Crippen LogP contribution < -0.4 is 4.74 Å². The lowest BCUT2D eigenvalue weighted by molar-refractivity contribution is 0.320. The first-order chi connectivity index (χ1) is 7.33. The van der Waals surface area contributed by atoms with Crippen LogP contribution in [0.1, 0.15) is 13.3 Å². The Morgan fingerprint density at radius 1 is 1.33 bits per heavy atom. The number of fused-ring (bicyclic) bond motifs is 1. The van der Waals surface area contributed by atoms with Gasteiger partial charge in [0.2, 0.25) is 0 Å². The Labute approximate surface area is 93.8 Å². The lowest BCUT2D eigenvalue weighted by Crippen LogP contribution is -1.96. The molecule has 0 aliphatic heterocycles. The van der Waals surface area contributed by atoms with Crippen molar-refractivity contribution in [2.75, 3.05) is 6.61 Å². The Kier molecular flexibility index (Phi) is 3.07. The van der Waals surface area contributed by atoms with Gasteiger partial charge in [0.25, 0.3) is 0 Å². The second-order valence-corrected chi connectivity index (χ2v) is 3.70. The molecule has 0 saturated carbocycles. The first-order valence-corrected chi connectivity index (χ1v) is 5.36. The van der Waals surface area contributed by atoms with Crippen LogP contribution in [0.2, 0.25) is 5.02 Å². The minimum Gasteiger partial charge on any atom is -0.491 e. The minimum absolute atomic E-state index is 0.702. The van der Waals surface area contributed by atoms with Crippen LogP contribution in [0, 0.1) is 0 Å². The fourth-order valence-corrected chi connectivity index (χ4v) is 1.65. The van der Waals surface area contributed by atoms with E-state index in [1.807, 2.05) is 18.2 Å². The summed E-state index contributed by atoms with van der Waals surface area (Å²) in [6.07, 6.45) is 2.68. The molecule has 3 heteroatoms. The highest BCUT2D eigenvalue weighted by Gasteiger charge is 2.04. The number of pyridine rings is 1. The molecule has 0 saturated heterocycles. The minimum atomic E-state index is 0.702. The number of halogens is 1. The third kappa shape index (κ3) is 2.05. The predicted octanol–water partition coefficient (Wildman–Crippen LogP) is 3.68. The molecular formula is C12H12ClNO. The van der Waals surface area contributed by atoms with E-state index < -0.39 is 0 Å². The third-order valence-electron chi connectivity index (χ3n) is 2.14. The Balaban J connectivity index is 2.51. The van der Waals surface area contributed by atoms with E-state index in [2.05, 4.69) is 11.9 Å². The fraction of sp³-hybridized carbons (Fsp3) is 0.250. The van der Waals surface area contributed by atoms with Crippen LogP contribution in [0.3, 0.4) is 0 Å². The molecule has 2 nitrogen and oxygen atoms in total. The lowest BCUT2D eigenvalue weighted by Gasteiger charge is -2.07. The molecule has 0 N–H and O–H groups in total. The molecule has 0 aliphatic carbocycles. The normalized spacial score (nSPS) is 10.5. The maximum absolute atomic E-state index is 6.07. The first kappa shape index (κ1) is 10.2. The van der Waals surface area contributed by atoms with E-state index in [4.69, 9.17) is 16.3 Å². The highest BCUT2D eigenvalue weighted by Crippen LogP contribution is 2.28. The van der Waals surface area contributed by atoms with E-state index in [1.54, 1.807) is 12.3 Å². The zero-order valence-electron chi connectivity index (χ0n) is 8.53. The first-order valence-electron chi connectivity index (χ1n) is 4.99. The molecule has 1 aromatic heterocycles. The van der Waals surface area contributed by atoms with Crippen molar-refractivity contribution in [3.8, 4) is 5.75 Å². The second kappa shape index (κ2) is 4.49. The van der Waals surface area contributed by atoms with Crippen LogP contribution in [0.15, 0.2) is 30.5 Å². The van der Waals surface area contributed by atoms with Crippen molar-refractivity contribution in [3.05, 3.63) is 35.5 Å². The Hall–Kier alpha value is -1.28. The zero-order chi connectivity index (χ0) is 10.7. The van der Waals surface area contributed by atoms with Crippen molar-refractivity contribution >= 4 is 22.5 Å². The molecule has 0 fully saturated rings. The van der Waals surface area contributed by atoms with Gasteiger partial charge in [-0.15, -0.1) is 0 Å². The van der Waals surface area contributed by atoms with Gasteiger partial charge < -0.3 is 4.74 Å². The van der Waals surface area contributed by atoms with Gasteiger partial charge in [-0.05, 0) is 18.6 Å². The van der Waals surface area contributed by atoms with Crippen molar-refractivity contribution < 1.29 is 4.74 Å². The number of para-hydroxylation sites is 1. The summed E-state index contributed by atoms with van der Waals surface area (Å²) >= 11 is 6.07. The van der Waals surface area contributed by atoms with Gasteiger partial charge in [-0.1, -0.05) is 30.7 Å². The standard InChI is InChI=1S/C12H12ClNO/c1-2-8-15-11-5-3-4-9-10(13)6-7-14-12(9)11/h3-7H,2,8H2,1H3. The Morgan fingerprint density at radius 2 is 2.20 bits per heavy atom. The summed E-state index contributed by atoms with van der Waals surface area (Å²) in [4.78, 5) is 4.29. The van der Waals surface area contributed by atoms with E-state index in [1.165, 1.54) is 0 Å². The number of nitrogens with zero attached hydrogens (tertiary/aromatic N) is 1. The van der Waals surface area contributed by atoms with Crippen molar-refractivity contribution in [1.82, 2.24) is 4.98 Å². The fourth-order valence-electron chi connectivity index (χ4n) is 1.44. The van der Waals surface area contributed by atoms with Gasteiger partial charge in [0, 0.05) is 11.6 Å². The van der Waals surface area contributed by atoms with Gasteiger partial charge in [0.15, 0.2) is 0 Å². The summed E-state index contributed by atoms with van der Waals surface area (Å²) in [5, 5.41) is 1.65. The molecule has 2 rings (SSSR count). The molecule has 2 aromatic rings. The SMILES string of the molecule is CCCOc1cccc2c(Cl)ccnc12. The van der Waals surface area contributed by atoms with Gasteiger partial charge in [0.05, 0.1) is 11.6 Å². The summed E-state index contributed by atoms with van der Waals surface area (Å²) in [5.74, 6) is 0.803. The number of rotatable bonds is 3. The maximum Gasteiger partial charge on any atom is 0.145 e. The molecule has 0 bridgehead atoms. The van der Waals surface area contributed by atoms with Crippen molar-refractivity contribution in [2.45, 2.75) is 13.3 Å². The molecule has 0 atom stereocenters. The Morgan fingerprint density at radius 3 is 3.00 bits per heavy atom. The van der Waals surface area contributed by atoms with Crippen LogP contribution in [0.5, 0.6) is 5.75 Å². The lowest BCUT2D eigenvalue weighted by atomic mass is 10.2. The molecule has 0 amide bonds. The van der Waals surface area contributed by atoms with E-state index >= 15 is 0 Å². The van der Waals surface area contributed by atoms with E-state index in [9.17, 15) is 0 Å². The van der Waals surface area contributed by atoms with Gasteiger partial charge >= 0.3 is 0 Å². The predicted molar refractivity (Wildman–Crippen MR) is 62.5 cm³/mol. The number of hydrogen-bond acceptors (Lipinski definition) is 2. The maximum atomic E-state index is 6.07. The molecule has 0 aliphatic rings. The van der Waals surface area contributed by atoms with Crippen molar-refractivity contribution in [3.63, 3.8) is 0 Å². The highest BCUT2D eigenvalue weighted by molar-refractivity contribution is 6.35. The average molecular weight is 222 g/mol. The quantitative estimate of drug-likeness (QED) is 0.789. The van der Waals surface area contributed by atoms with Gasteiger partial charge in [-0.2, -0.15) is 0 Å². The molecule has 0 spiro atoms. The number of aromatic nitrogens is 1. The summed E-state index contributed by atoms with van der Waals surface area (Å²) in [6, 6.07) is 7.58. The molecule has 1 heterocycles. The van der Waals surface area contributed by atoms with E-state index in [0.717, 1.165) is 23.1 Å². The zero-order valence-corrected chi connectivity index (χ0v) is 9.29. The smallest absolute Gasteiger partial charge is 0.145 e. The van der Waals surface area contributed by atoms with Crippen molar-refractivity contribution in [1.29, 1.82) is 0 Å². The topological polar surface area (TPSA) is 22.1 Å². The Bertz CT molecular complexity index is 470.